The number of aryl methyl sites for hydroxylation is 2. The molecule has 0 bridgehead atoms. The Bertz CT molecular complexity index is 981. The van der Waals surface area contributed by atoms with E-state index in [0.717, 1.165) is 17.1 Å². The third kappa shape index (κ3) is 5.10. The minimum atomic E-state index is -0.507. The molecule has 2 heterocycles. The standard InChI is InChI=1S/C21H23N3O5S/c1-14-11-15(2)24(22-14)17-7-5-16(6-8-17)21(27)29-10-4-9-23-18(25)13-30-19(23)12-20(26)28-3/h5-8,11-12H,4,9-10,13H2,1-3H3/b19-12+. The Hall–Kier alpha value is -3.07. The summed E-state index contributed by atoms with van der Waals surface area (Å²) in [6, 6.07) is 9.02. The van der Waals surface area contributed by atoms with Crippen molar-refractivity contribution in [1.82, 2.24) is 14.7 Å². The summed E-state index contributed by atoms with van der Waals surface area (Å²) in [5.74, 6) is -0.736. The SMILES string of the molecule is COC(=O)/C=C1/SCC(=O)N1CCCOC(=O)c1ccc(-n2nc(C)cc2C)cc1. The predicted molar refractivity (Wildman–Crippen MR) is 112 cm³/mol. The Balaban J connectivity index is 1.51. The minimum absolute atomic E-state index is 0.0822. The average Bonchev–Trinajstić information content (AvgIpc) is 3.26. The van der Waals surface area contributed by atoms with Crippen molar-refractivity contribution in [2.45, 2.75) is 20.3 Å². The molecule has 0 unspecified atom stereocenters. The number of aromatic nitrogens is 2. The molecule has 0 saturated carbocycles. The zero-order valence-electron chi connectivity index (χ0n) is 17.1. The number of hydrogen-bond acceptors (Lipinski definition) is 7. The fourth-order valence-corrected chi connectivity index (χ4v) is 3.98. The van der Waals surface area contributed by atoms with Gasteiger partial charge in [-0.25, -0.2) is 14.3 Å². The second kappa shape index (κ2) is 9.62. The smallest absolute Gasteiger partial charge is 0.338 e. The van der Waals surface area contributed by atoms with Crippen LogP contribution in [0.25, 0.3) is 5.69 Å². The molecule has 1 aliphatic heterocycles. The van der Waals surface area contributed by atoms with Gasteiger partial charge in [0.25, 0.3) is 0 Å². The van der Waals surface area contributed by atoms with Gasteiger partial charge in [-0.3, -0.25) is 4.79 Å². The van der Waals surface area contributed by atoms with Crippen LogP contribution in [0.2, 0.25) is 0 Å². The number of hydrogen-bond donors (Lipinski definition) is 0. The van der Waals surface area contributed by atoms with Gasteiger partial charge in [0.15, 0.2) is 0 Å². The molecule has 158 valence electrons. The van der Waals surface area contributed by atoms with Gasteiger partial charge in [0.2, 0.25) is 5.91 Å². The normalized spacial score (nSPS) is 15.0. The van der Waals surface area contributed by atoms with Gasteiger partial charge in [0.1, 0.15) is 0 Å². The second-order valence-electron chi connectivity index (χ2n) is 6.72. The summed E-state index contributed by atoms with van der Waals surface area (Å²) in [7, 11) is 1.29. The Morgan fingerprint density at radius 1 is 1.23 bits per heavy atom. The molecule has 30 heavy (non-hydrogen) atoms. The van der Waals surface area contributed by atoms with Gasteiger partial charge < -0.3 is 14.4 Å². The second-order valence-corrected chi connectivity index (χ2v) is 7.71. The van der Waals surface area contributed by atoms with Crippen molar-refractivity contribution >= 4 is 29.6 Å². The number of thioether (sulfide) groups is 1. The summed E-state index contributed by atoms with van der Waals surface area (Å²) < 4.78 is 11.7. The summed E-state index contributed by atoms with van der Waals surface area (Å²) in [5.41, 5.74) is 3.25. The van der Waals surface area contributed by atoms with Crippen molar-refractivity contribution in [3.05, 3.63) is 58.4 Å². The number of benzene rings is 1. The van der Waals surface area contributed by atoms with Crippen LogP contribution in [0.3, 0.4) is 0 Å². The van der Waals surface area contributed by atoms with Crippen LogP contribution in [-0.2, 0) is 19.1 Å². The number of methoxy groups -OCH3 is 1. The predicted octanol–water partition coefficient (Wildman–Crippen LogP) is 2.63. The highest BCUT2D eigenvalue weighted by atomic mass is 32.2. The van der Waals surface area contributed by atoms with Crippen molar-refractivity contribution in [3.8, 4) is 5.69 Å². The van der Waals surface area contributed by atoms with E-state index in [9.17, 15) is 14.4 Å². The van der Waals surface area contributed by atoms with E-state index in [1.807, 2.05) is 36.7 Å². The molecule has 1 fully saturated rings. The molecule has 0 spiro atoms. The van der Waals surface area contributed by atoms with Crippen LogP contribution in [0.15, 0.2) is 41.4 Å². The first-order chi connectivity index (χ1) is 14.4. The number of ether oxygens (including phenoxy) is 2. The third-order valence-corrected chi connectivity index (χ3v) is 5.49. The van der Waals surface area contributed by atoms with Crippen LogP contribution in [0.1, 0.15) is 28.2 Å². The lowest BCUT2D eigenvalue weighted by atomic mass is 10.2. The monoisotopic (exact) mass is 429 g/mol. The van der Waals surface area contributed by atoms with Crippen LogP contribution in [0, 0.1) is 13.8 Å². The Labute approximate surface area is 178 Å². The topological polar surface area (TPSA) is 90.7 Å². The van der Waals surface area contributed by atoms with Gasteiger partial charge in [-0.1, -0.05) is 11.8 Å². The van der Waals surface area contributed by atoms with Crippen molar-refractivity contribution < 1.29 is 23.9 Å². The summed E-state index contributed by atoms with van der Waals surface area (Å²) in [6.45, 7) is 4.42. The lowest BCUT2D eigenvalue weighted by molar-refractivity contribution is -0.134. The number of esters is 2. The lowest BCUT2D eigenvalue weighted by Gasteiger charge is -2.16. The van der Waals surface area contributed by atoms with E-state index < -0.39 is 11.9 Å². The molecule has 0 N–H and O–H groups in total. The number of nitrogens with zero attached hydrogens (tertiary/aromatic N) is 3. The van der Waals surface area contributed by atoms with Crippen LogP contribution in [0.5, 0.6) is 0 Å². The van der Waals surface area contributed by atoms with Gasteiger partial charge >= 0.3 is 11.9 Å². The maximum absolute atomic E-state index is 12.3. The molecule has 9 heteroatoms. The zero-order chi connectivity index (χ0) is 21.7. The van der Waals surface area contributed by atoms with Crippen LogP contribution < -0.4 is 0 Å². The highest BCUT2D eigenvalue weighted by Crippen LogP contribution is 2.28. The number of carbonyl (C=O) groups excluding carboxylic acids is 3. The Kier molecular flexibility index (Phi) is 6.94. The summed E-state index contributed by atoms with van der Waals surface area (Å²) in [4.78, 5) is 37.2. The van der Waals surface area contributed by atoms with E-state index in [1.165, 1.54) is 29.8 Å². The highest BCUT2D eigenvalue weighted by molar-refractivity contribution is 8.04. The molecule has 1 aromatic heterocycles. The van der Waals surface area contributed by atoms with E-state index in [1.54, 1.807) is 12.1 Å². The first-order valence-corrected chi connectivity index (χ1v) is 10.4. The van der Waals surface area contributed by atoms with E-state index >= 15 is 0 Å². The molecule has 0 radical (unpaired) electrons. The molecule has 1 aliphatic rings. The van der Waals surface area contributed by atoms with E-state index in [2.05, 4.69) is 9.84 Å². The zero-order valence-corrected chi connectivity index (χ0v) is 17.9. The molecule has 0 aliphatic carbocycles. The number of rotatable bonds is 7. The highest BCUT2D eigenvalue weighted by Gasteiger charge is 2.27. The summed E-state index contributed by atoms with van der Waals surface area (Å²) in [5, 5.41) is 4.98. The van der Waals surface area contributed by atoms with Crippen LogP contribution >= 0.6 is 11.8 Å². The first-order valence-electron chi connectivity index (χ1n) is 9.42. The Morgan fingerprint density at radius 3 is 2.60 bits per heavy atom. The third-order valence-electron chi connectivity index (χ3n) is 4.47. The van der Waals surface area contributed by atoms with Gasteiger partial charge in [0.05, 0.1) is 47.5 Å². The van der Waals surface area contributed by atoms with Gasteiger partial charge in [-0.05, 0) is 50.6 Å². The number of carbonyl (C=O) groups is 3. The average molecular weight is 429 g/mol. The van der Waals surface area contributed by atoms with Gasteiger partial charge in [0, 0.05) is 12.2 Å². The fraction of sp³-hybridized carbons (Fsp3) is 0.333. The van der Waals surface area contributed by atoms with E-state index in [-0.39, 0.29) is 18.3 Å². The van der Waals surface area contributed by atoms with Crippen LogP contribution in [-0.4, -0.2) is 58.5 Å². The fourth-order valence-electron chi connectivity index (χ4n) is 3.03. The Morgan fingerprint density at radius 2 is 1.97 bits per heavy atom. The molecular weight excluding hydrogens is 406 g/mol. The maximum atomic E-state index is 12.3. The maximum Gasteiger partial charge on any atom is 0.338 e. The molecule has 8 nitrogen and oxygen atoms in total. The molecule has 1 aromatic carbocycles. The van der Waals surface area contributed by atoms with E-state index in [4.69, 9.17) is 4.74 Å². The molecule has 1 amide bonds. The van der Waals surface area contributed by atoms with Crippen LogP contribution in [0.4, 0.5) is 0 Å². The van der Waals surface area contributed by atoms with Crippen molar-refractivity contribution in [1.29, 1.82) is 0 Å². The van der Waals surface area contributed by atoms with Gasteiger partial charge in [-0.2, -0.15) is 5.10 Å². The summed E-state index contributed by atoms with van der Waals surface area (Å²) >= 11 is 1.29. The largest absolute Gasteiger partial charge is 0.466 e. The quantitative estimate of drug-likeness (QED) is 0.380. The van der Waals surface area contributed by atoms with E-state index in [0.29, 0.717) is 23.6 Å². The molecular formula is C21H23N3O5S. The molecule has 3 rings (SSSR count). The minimum Gasteiger partial charge on any atom is -0.466 e. The molecule has 0 atom stereocenters. The summed E-state index contributed by atoms with van der Waals surface area (Å²) in [6.07, 6.45) is 1.76. The van der Waals surface area contributed by atoms with Crippen molar-refractivity contribution in [3.63, 3.8) is 0 Å². The van der Waals surface area contributed by atoms with Crippen molar-refractivity contribution in [2.75, 3.05) is 26.0 Å². The van der Waals surface area contributed by atoms with Gasteiger partial charge in [-0.15, -0.1) is 0 Å². The number of amides is 1. The first kappa shape index (κ1) is 21.6. The van der Waals surface area contributed by atoms with Crippen molar-refractivity contribution in [2.24, 2.45) is 0 Å². The molecule has 2 aromatic rings. The molecule has 1 saturated heterocycles. The lowest BCUT2D eigenvalue weighted by Crippen LogP contribution is -2.27.